The standard InChI is InChI=1S/C13H15ClFN5/c1-8-7-20(6-5-16-8)13-17-12(18-19-13)9-3-2-4-10(15)11(9)14/h2-4,8,16H,5-7H2,1H3,(H,17,18,19)/t8-/m1/s1. The Balaban J connectivity index is 1.88. The lowest BCUT2D eigenvalue weighted by molar-refractivity contribution is 0.480. The van der Waals surface area contributed by atoms with E-state index in [0.717, 1.165) is 19.6 Å². The molecule has 0 bridgehead atoms. The molecule has 2 aromatic rings. The zero-order chi connectivity index (χ0) is 14.1. The number of hydrogen-bond donors (Lipinski definition) is 2. The van der Waals surface area contributed by atoms with E-state index in [2.05, 4.69) is 32.3 Å². The number of benzene rings is 1. The van der Waals surface area contributed by atoms with Crippen molar-refractivity contribution in [1.29, 1.82) is 0 Å². The molecule has 0 aliphatic carbocycles. The number of H-pyrrole nitrogens is 1. The van der Waals surface area contributed by atoms with Crippen LogP contribution in [0.25, 0.3) is 11.4 Å². The lowest BCUT2D eigenvalue weighted by Crippen LogP contribution is -2.49. The van der Waals surface area contributed by atoms with Gasteiger partial charge in [-0.05, 0) is 19.1 Å². The molecule has 106 valence electrons. The van der Waals surface area contributed by atoms with Crippen LogP contribution in [0, 0.1) is 5.82 Å². The second-order valence-corrected chi connectivity index (χ2v) is 5.26. The SMILES string of the molecule is C[C@@H]1CN(c2n[nH]c(-c3cccc(F)c3Cl)n2)CCN1. The molecule has 0 saturated carbocycles. The van der Waals surface area contributed by atoms with Crippen LogP contribution in [0.4, 0.5) is 10.3 Å². The summed E-state index contributed by atoms with van der Waals surface area (Å²) in [5, 5.41) is 10.4. The van der Waals surface area contributed by atoms with Gasteiger partial charge in [-0.1, -0.05) is 17.7 Å². The Morgan fingerprint density at radius 3 is 3.10 bits per heavy atom. The van der Waals surface area contributed by atoms with Crippen LogP contribution in [0.2, 0.25) is 5.02 Å². The second-order valence-electron chi connectivity index (χ2n) is 4.89. The van der Waals surface area contributed by atoms with Crippen molar-refractivity contribution in [2.75, 3.05) is 24.5 Å². The Hall–Kier alpha value is -1.66. The van der Waals surface area contributed by atoms with Gasteiger partial charge in [-0.25, -0.2) is 4.39 Å². The van der Waals surface area contributed by atoms with Crippen molar-refractivity contribution in [2.24, 2.45) is 0 Å². The van der Waals surface area contributed by atoms with E-state index in [1.165, 1.54) is 6.07 Å². The van der Waals surface area contributed by atoms with Crippen LogP contribution >= 0.6 is 11.6 Å². The number of anilines is 1. The number of nitrogens with zero attached hydrogens (tertiary/aromatic N) is 3. The summed E-state index contributed by atoms with van der Waals surface area (Å²) in [7, 11) is 0. The maximum absolute atomic E-state index is 13.5. The quantitative estimate of drug-likeness (QED) is 0.890. The molecular weight excluding hydrogens is 281 g/mol. The lowest BCUT2D eigenvalue weighted by atomic mass is 10.2. The molecule has 2 heterocycles. The highest BCUT2D eigenvalue weighted by molar-refractivity contribution is 6.33. The molecule has 5 nitrogen and oxygen atoms in total. The first-order valence-corrected chi connectivity index (χ1v) is 6.88. The fourth-order valence-corrected chi connectivity index (χ4v) is 2.53. The second kappa shape index (κ2) is 5.38. The summed E-state index contributed by atoms with van der Waals surface area (Å²) >= 11 is 5.96. The van der Waals surface area contributed by atoms with Crippen molar-refractivity contribution < 1.29 is 4.39 Å². The Kier molecular flexibility index (Phi) is 3.58. The van der Waals surface area contributed by atoms with Crippen LogP contribution in [0.1, 0.15) is 6.92 Å². The molecule has 1 saturated heterocycles. The van der Waals surface area contributed by atoms with Crippen LogP contribution < -0.4 is 10.2 Å². The van der Waals surface area contributed by atoms with Gasteiger partial charge >= 0.3 is 0 Å². The van der Waals surface area contributed by atoms with Crippen molar-refractivity contribution in [1.82, 2.24) is 20.5 Å². The average Bonchev–Trinajstić information content (AvgIpc) is 2.91. The number of hydrogen-bond acceptors (Lipinski definition) is 4. The number of aromatic amines is 1. The normalized spacial score (nSPS) is 19.4. The summed E-state index contributed by atoms with van der Waals surface area (Å²) in [4.78, 5) is 6.51. The first-order valence-electron chi connectivity index (χ1n) is 6.50. The van der Waals surface area contributed by atoms with Gasteiger partial charge in [0, 0.05) is 31.2 Å². The van der Waals surface area contributed by atoms with Gasteiger partial charge in [0.15, 0.2) is 5.82 Å². The van der Waals surface area contributed by atoms with Crippen LogP contribution in [0.5, 0.6) is 0 Å². The molecule has 20 heavy (non-hydrogen) atoms. The van der Waals surface area contributed by atoms with Gasteiger partial charge in [-0.3, -0.25) is 5.10 Å². The average molecular weight is 296 g/mol. The highest BCUT2D eigenvalue weighted by atomic mass is 35.5. The molecule has 1 aromatic heterocycles. The van der Waals surface area contributed by atoms with Crippen LogP contribution in [0.15, 0.2) is 18.2 Å². The Labute approximate surface area is 121 Å². The summed E-state index contributed by atoms with van der Waals surface area (Å²) < 4.78 is 13.5. The molecule has 2 N–H and O–H groups in total. The van der Waals surface area contributed by atoms with Gasteiger partial charge < -0.3 is 10.2 Å². The Morgan fingerprint density at radius 2 is 2.30 bits per heavy atom. The Bertz CT molecular complexity index is 615. The highest BCUT2D eigenvalue weighted by Crippen LogP contribution is 2.28. The number of piperazine rings is 1. The molecule has 1 fully saturated rings. The Morgan fingerprint density at radius 1 is 1.45 bits per heavy atom. The zero-order valence-electron chi connectivity index (χ0n) is 11.0. The maximum atomic E-state index is 13.5. The molecule has 3 rings (SSSR count). The molecule has 1 aromatic carbocycles. The van der Waals surface area contributed by atoms with Gasteiger partial charge in [-0.15, -0.1) is 5.10 Å². The maximum Gasteiger partial charge on any atom is 0.245 e. The van der Waals surface area contributed by atoms with Gasteiger partial charge in [0.1, 0.15) is 5.82 Å². The van der Waals surface area contributed by atoms with Gasteiger partial charge in [0.2, 0.25) is 5.95 Å². The van der Waals surface area contributed by atoms with E-state index < -0.39 is 5.82 Å². The number of nitrogens with one attached hydrogen (secondary N) is 2. The van der Waals surface area contributed by atoms with Crippen molar-refractivity contribution >= 4 is 17.5 Å². The van der Waals surface area contributed by atoms with Crippen molar-refractivity contribution in [3.63, 3.8) is 0 Å². The summed E-state index contributed by atoms with van der Waals surface area (Å²) in [6.45, 7) is 4.70. The predicted octanol–water partition coefficient (Wildman–Crippen LogP) is 2.06. The molecule has 1 aliphatic rings. The first-order chi connectivity index (χ1) is 9.65. The molecule has 7 heteroatoms. The highest BCUT2D eigenvalue weighted by Gasteiger charge is 2.20. The minimum atomic E-state index is -0.460. The molecule has 0 amide bonds. The third-order valence-corrected chi connectivity index (χ3v) is 3.72. The summed E-state index contributed by atoms with van der Waals surface area (Å²) in [6, 6.07) is 5.03. The van der Waals surface area contributed by atoms with Gasteiger partial charge in [0.05, 0.1) is 5.02 Å². The van der Waals surface area contributed by atoms with E-state index in [-0.39, 0.29) is 5.02 Å². The van der Waals surface area contributed by atoms with E-state index in [4.69, 9.17) is 11.6 Å². The zero-order valence-corrected chi connectivity index (χ0v) is 11.8. The smallest absolute Gasteiger partial charge is 0.245 e. The predicted molar refractivity (Wildman–Crippen MR) is 76.5 cm³/mol. The molecule has 0 radical (unpaired) electrons. The van der Waals surface area contributed by atoms with Crippen LogP contribution in [-0.2, 0) is 0 Å². The summed E-state index contributed by atoms with van der Waals surface area (Å²) in [6.07, 6.45) is 0. The minimum Gasteiger partial charge on any atom is -0.337 e. The van der Waals surface area contributed by atoms with Crippen LogP contribution in [0.3, 0.4) is 0 Å². The molecular formula is C13H15ClFN5. The minimum absolute atomic E-state index is 0.0591. The van der Waals surface area contributed by atoms with E-state index in [9.17, 15) is 4.39 Å². The summed E-state index contributed by atoms with van der Waals surface area (Å²) in [5.74, 6) is 0.641. The topological polar surface area (TPSA) is 56.8 Å². The fraction of sp³-hybridized carbons (Fsp3) is 0.385. The third kappa shape index (κ3) is 2.48. The van der Waals surface area contributed by atoms with Gasteiger partial charge in [0.25, 0.3) is 0 Å². The largest absolute Gasteiger partial charge is 0.337 e. The third-order valence-electron chi connectivity index (χ3n) is 3.33. The van der Waals surface area contributed by atoms with E-state index in [0.29, 0.717) is 23.4 Å². The number of rotatable bonds is 2. The number of aromatic nitrogens is 3. The monoisotopic (exact) mass is 295 g/mol. The van der Waals surface area contributed by atoms with Crippen molar-refractivity contribution in [3.05, 3.63) is 29.0 Å². The summed E-state index contributed by atoms with van der Waals surface area (Å²) in [5.41, 5.74) is 0.522. The molecule has 1 aliphatic heterocycles. The molecule has 0 unspecified atom stereocenters. The van der Waals surface area contributed by atoms with Crippen LogP contribution in [-0.4, -0.2) is 40.9 Å². The van der Waals surface area contributed by atoms with Crippen molar-refractivity contribution in [2.45, 2.75) is 13.0 Å². The first kappa shape index (κ1) is 13.3. The molecule has 1 atom stereocenters. The number of halogens is 2. The van der Waals surface area contributed by atoms with E-state index >= 15 is 0 Å². The van der Waals surface area contributed by atoms with E-state index in [1.54, 1.807) is 12.1 Å². The molecule has 0 spiro atoms. The van der Waals surface area contributed by atoms with E-state index in [1.807, 2.05) is 0 Å². The lowest BCUT2D eigenvalue weighted by Gasteiger charge is -2.30. The van der Waals surface area contributed by atoms with Crippen molar-refractivity contribution in [3.8, 4) is 11.4 Å². The van der Waals surface area contributed by atoms with Gasteiger partial charge in [-0.2, -0.15) is 4.98 Å². The fourth-order valence-electron chi connectivity index (χ4n) is 2.32.